The summed E-state index contributed by atoms with van der Waals surface area (Å²) in [5.41, 5.74) is 2.03. The summed E-state index contributed by atoms with van der Waals surface area (Å²) >= 11 is 5.81. The highest BCUT2D eigenvalue weighted by Crippen LogP contribution is 2.06. The Labute approximate surface area is 102 Å². The molecule has 16 heavy (non-hydrogen) atoms. The van der Waals surface area contributed by atoms with E-state index in [0.29, 0.717) is 6.54 Å². The molecule has 3 nitrogen and oxygen atoms in total. The number of rotatable bonds is 5. The van der Waals surface area contributed by atoms with E-state index in [1.54, 1.807) is 0 Å². The molecule has 1 rings (SSSR count). The molecule has 1 aromatic rings. The van der Waals surface area contributed by atoms with Crippen LogP contribution in [0.4, 0.5) is 0 Å². The van der Waals surface area contributed by atoms with Crippen molar-refractivity contribution in [2.45, 2.75) is 25.8 Å². The van der Waals surface area contributed by atoms with Crippen molar-refractivity contribution in [2.75, 3.05) is 13.1 Å². The van der Waals surface area contributed by atoms with E-state index in [2.05, 4.69) is 16.8 Å². The van der Waals surface area contributed by atoms with Crippen LogP contribution in [-0.2, 0) is 6.54 Å². The summed E-state index contributed by atoms with van der Waals surface area (Å²) in [5.74, 6) is 0. The number of nitriles is 1. The van der Waals surface area contributed by atoms with Crippen molar-refractivity contribution in [3.05, 3.63) is 29.6 Å². The summed E-state index contributed by atoms with van der Waals surface area (Å²) in [6.45, 7) is 6.20. The molecule has 0 amide bonds. The number of hydrogen-bond donors (Lipinski definition) is 0. The van der Waals surface area contributed by atoms with Crippen LogP contribution in [0.5, 0.6) is 0 Å². The van der Waals surface area contributed by atoms with E-state index in [1.165, 1.54) is 0 Å². The van der Waals surface area contributed by atoms with E-state index >= 15 is 0 Å². The first-order valence-corrected chi connectivity index (χ1v) is 5.78. The highest BCUT2D eigenvalue weighted by Gasteiger charge is 2.10. The number of halogens is 1. The summed E-state index contributed by atoms with van der Waals surface area (Å²) < 4.78 is 0. The van der Waals surface area contributed by atoms with Gasteiger partial charge in [0.25, 0.3) is 0 Å². The highest BCUT2D eigenvalue weighted by molar-refractivity contribution is 6.22. The normalized spacial score (nSPS) is 12.4. The number of aryl methyl sites for hydroxylation is 1. The first kappa shape index (κ1) is 13.0. The fourth-order valence-corrected chi connectivity index (χ4v) is 1.68. The number of pyridine rings is 1. The largest absolute Gasteiger partial charge is 0.295 e. The Morgan fingerprint density at radius 3 is 2.88 bits per heavy atom. The van der Waals surface area contributed by atoms with Gasteiger partial charge in [-0.2, -0.15) is 5.26 Å². The average molecular weight is 238 g/mol. The van der Waals surface area contributed by atoms with Gasteiger partial charge in [0.1, 0.15) is 5.38 Å². The topological polar surface area (TPSA) is 39.9 Å². The maximum atomic E-state index is 8.67. The average Bonchev–Trinajstić information content (AvgIpc) is 2.28. The van der Waals surface area contributed by atoms with Crippen molar-refractivity contribution in [2.24, 2.45) is 0 Å². The van der Waals surface area contributed by atoms with Crippen LogP contribution in [0.3, 0.4) is 0 Å². The van der Waals surface area contributed by atoms with E-state index in [4.69, 9.17) is 16.9 Å². The second-order valence-corrected chi connectivity index (χ2v) is 4.22. The van der Waals surface area contributed by atoms with Crippen LogP contribution in [-0.4, -0.2) is 28.4 Å². The lowest BCUT2D eigenvalue weighted by atomic mass is 10.3. The van der Waals surface area contributed by atoms with Gasteiger partial charge in [-0.05, 0) is 25.6 Å². The highest BCUT2D eigenvalue weighted by atomic mass is 35.5. The molecule has 0 saturated heterocycles. The molecule has 0 bridgehead atoms. The quantitative estimate of drug-likeness (QED) is 0.738. The minimum atomic E-state index is -0.454. The fraction of sp³-hybridized carbons (Fsp3) is 0.500. The number of hydrogen-bond acceptors (Lipinski definition) is 3. The van der Waals surface area contributed by atoms with Gasteiger partial charge < -0.3 is 0 Å². The smallest absolute Gasteiger partial charge is 0.133 e. The van der Waals surface area contributed by atoms with Gasteiger partial charge in [0.15, 0.2) is 0 Å². The predicted octanol–water partition coefficient (Wildman–Crippen LogP) is 2.34. The van der Waals surface area contributed by atoms with Crippen LogP contribution >= 0.6 is 11.6 Å². The number of aromatic nitrogens is 1. The van der Waals surface area contributed by atoms with E-state index < -0.39 is 5.38 Å². The summed E-state index contributed by atoms with van der Waals surface area (Å²) in [6, 6.07) is 7.99. The molecule has 0 fully saturated rings. The van der Waals surface area contributed by atoms with E-state index in [1.807, 2.05) is 31.2 Å². The molecule has 0 radical (unpaired) electrons. The second kappa shape index (κ2) is 6.47. The molecule has 1 unspecified atom stereocenters. The Bertz CT molecular complexity index is 373. The molecule has 1 atom stereocenters. The van der Waals surface area contributed by atoms with Crippen LogP contribution in [0.15, 0.2) is 18.2 Å². The van der Waals surface area contributed by atoms with Crippen molar-refractivity contribution in [3.8, 4) is 6.07 Å². The van der Waals surface area contributed by atoms with E-state index in [9.17, 15) is 0 Å². The standard InChI is InChI=1S/C12H16ClN3/c1-3-16(8-11(13)7-14)9-12-6-4-5-10(2)15-12/h4-6,11H,3,8-9H2,1-2H3. The Kier molecular flexibility index (Phi) is 5.24. The molecule has 0 aliphatic carbocycles. The molecule has 0 aliphatic heterocycles. The molecule has 4 heteroatoms. The third kappa shape index (κ3) is 4.18. The van der Waals surface area contributed by atoms with Crippen molar-refractivity contribution >= 4 is 11.6 Å². The lowest BCUT2D eigenvalue weighted by molar-refractivity contribution is 0.285. The Hall–Kier alpha value is -1.11. The minimum absolute atomic E-state index is 0.454. The van der Waals surface area contributed by atoms with Crippen molar-refractivity contribution in [3.63, 3.8) is 0 Å². The van der Waals surface area contributed by atoms with Crippen LogP contribution in [0, 0.1) is 18.3 Å². The summed E-state index contributed by atoms with van der Waals surface area (Å²) in [6.07, 6.45) is 0. The van der Waals surface area contributed by atoms with Crippen LogP contribution in [0.2, 0.25) is 0 Å². The van der Waals surface area contributed by atoms with Gasteiger partial charge in [-0.1, -0.05) is 13.0 Å². The van der Waals surface area contributed by atoms with Crippen LogP contribution < -0.4 is 0 Å². The molecule has 0 N–H and O–H groups in total. The number of alkyl halides is 1. The van der Waals surface area contributed by atoms with Gasteiger partial charge in [-0.3, -0.25) is 9.88 Å². The monoisotopic (exact) mass is 237 g/mol. The summed E-state index contributed by atoms with van der Waals surface area (Å²) in [7, 11) is 0. The maximum Gasteiger partial charge on any atom is 0.133 e. The van der Waals surface area contributed by atoms with Gasteiger partial charge >= 0.3 is 0 Å². The fourth-order valence-electron chi connectivity index (χ4n) is 1.49. The molecule has 0 aromatic carbocycles. The lowest BCUT2D eigenvalue weighted by Crippen LogP contribution is -2.29. The molecule has 0 spiro atoms. The van der Waals surface area contributed by atoms with Crippen LogP contribution in [0.25, 0.3) is 0 Å². The SMILES string of the molecule is CCN(Cc1cccc(C)n1)CC(Cl)C#N. The van der Waals surface area contributed by atoms with Gasteiger partial charge in [0.2, 0.25) is 0 Å². The first-order chi connectivity index (χ1) is 7.65. The summed E-state index contributed by atoms with van der Waals surface area (Å²) in [4.78, 5) is 6.54. The lowest BCUT2D eigenvalue weighted by Gasteiger charge is -2.20. The Morgan fingerprint density at radius 1 is 1.56 bits per heavy atom. The molecular weight excluding hydrogens is 222 g/mol. The zero-order valence-electron chi connectivity index (χ0n) is 9.65. The third-order valence-corrected chi connectivity index (χ3v) is 2.57. The van der Waals surface area contributed by atoms with Gasteiger partial charge in [0.05, 0.1) is 11.8 Å². The molecule has 0 saturated carbocycles. The zero-order valence-corrected chi connectivity index (χ0v) is 10.4. The second-order valence-electron chi connectivity index (χ2n) is 3.69. The molecule has 1 aromatic heterocycles. The van der Waals surface area contributed by atoms with Gasteiger partial charge in [-0.25, -0.2) is 0 Å². The van der Waals surface area contributed by atoms with Gasteiger partial charge in [0, 0.05) is 18.8 Å². The van der Waals surface area contributed by atoms with Crippen molar-refractivity contribution in [1.29, 1.82) is 5.26 Å². The minimum Gasteiger partial charge on any atom is -0.295 e. The molecule has 86 valence electrons. The number of nitrogens with zero attached hydrogens (tertiary/aromatic N) is 3. The van der Waals surface area contributed by atoms with Crippen molar-refractivity contribution in [1.82, 2.24) is 9.88 Å². The Balaban J connectivity index is 2.60. The van der Waals surface area contributed by atoms with Crippen LogP contribution in [0.1, 0.15) is 18.3 Å². The Morgan fingerprint density at radius 2 is 2.31 bits per heavy atom. The van der Waals surface area contributed by atoms with E-state index in [-0.39, 0.29) is 0 Å². The third-order valence-electron chi connectivity index (χ3n) is 2.34. The molecule has 0 aliphatic rings. The van der Waals surface area contributed by atoms with E-state index in [0.717, 1.165) is 24.5 Å². The van der Waals surface area contributed by atoms with Gasteiger partial charge in [-0.15, -0.1) is 11.6 Å². The molecule has 1 heterocycles. The molecular formula is C12H16ClN3. The predicted molar refractivity (Wildman–Crippen MR) is 65.2 cm³/mol. The zero-order chi connectivity index (χ0) is 12.0. The maximum absolute atomic E-state index is 8.67. The van der Waals surface area contributed by atoms with Crippen molar-refractivity contribution < 1.29 is 0 Å². The first-order valence-electron chi connectivity index (χ1n) is 5.34. The summed E-state index contributed by atoms with van der Waals surface area (Å²) in [5, 5.41) is 8.21.